The summed E-state index contributed by atoms with van der Waals surface area (Å²) in [6.07, 6.45) is 6.19. The van der Waals surface area contributed by atoms with Gasteiger partial charge in [-0.1, -0.05) is 29.3 Å². The first-order valence-corrected chi connectivity index (χ1v) is 19.0. The van der Waals surface area contributed by atoms with Crippen LogP contribution in [0, 0.1) is 11.2 Å². The molecule has 3 aliphatic heterocycles. The molecule has 1 aliphatic carbocycles. The first kappa shape index (κ1) is 35.4. The number of hydrogen-bond donors (Lipinski definition) is 2. The zero-order valence-electron chi connectivity index (χ0n) is 29.6. The van der Waals surface area contributed by atoms with Gasteiger partial charge in [0.1, 0.15) is 17.3 Å². The highest BCUT2D eigenvalue weighted by atomic mass is 35.5. The number of amides is 3. The van der Waals surface area contributed by atoms with Crippen molar-refractivity contribution in [2.24, 2.45) is 5.41 Å². The normalized spacial score (nSPS) is 16.8. The third-order valence-electron chi connectivity index (χ3n) is 11.0. The summed E-state index contributed by atoms with van der Waals surface area (Å²) >= 11 is 12.5. The standard InChI is InChI=1S/C41H35Cl2FN6O5/c42-29-4-2-5-30(43)34(29)48-39(52)33-18-25-11-14-50(32-19-26(44)20-45-35(32)36(25)55-33)40(53)23-7-9-27(10-8-23)46-38(51)28-17-24-3-1-6-31(24)47-37(28)49-21-41(22-49)12-15-54-16-13-41/h2,4-5,7-10,17-20H,1,3,6,11-16,21-22H2,(H,46,51)(H,48,52). The predicted octanol–water partition coefficient (Wildman–Crippen LogP) is 8.00. The van der Waals surface area contributed by atoms with Crippen LogP contribution in [0.25, 0.3) is 11.5 Å². The third-order valence-corrected chi connectivity index (χ3v) is 11.6. The Hall–Kier alpha value is -5.30. The van der Waals surface area contributed by atoms with Crippen LogP contribution >= 0.6 is 23.2 Å². The van der Waals surface area contributed by atoms with Crippen molar-refractivity contribution in [2.45, 2.75) is 38.5 Å². The summed E-state index contributed by atoms with van der Waals surface area (Å²) in [6, 6.07) is 16.3. The molecule has 55 heavy (non-hydrogen) atoms. The Morgan fingerprint density at radius 3 is 2.40 bits per heavy atom. The van der Waals surface area contributed by atoms with Crippen molar-refractivity contribution < 1.29 is 27.9 Å². The second-order valence-corrected chi connectivity index (χ2v) is 15.4. The number of carbonyl (C=O) groups is 3. The maximum Gasteiger partial charge on any atom is 0.291 e. The SMILES string of the molecule is O=C(Nc1c(Cl)cccc1Cl)c1cc2c(o1)-c1ncc(F)cc1N(C(=O)c1ccc(NC(=O)c3cc4c(nc3N3CC5(CCOCC5)C3)CCC4)cc1)CC2. The molecular formula is C41H35Cl2FN6O5. The van der Waals surface area contributed by atoms with Gasteiger partial charge in [-0.25, -0.2) is 14.4 Å². The molecule has 1 spiro atoms. The van der Waals surface area contributed by atoms with Gasteiger partial charge in [-0.05, 0) is 92.6 Å². The second-order valence-electron chi connectivity index (χ2n) is 14.6. The monoisotopic (exact) mass is 780 g/mol. The van der Waals surface area contributed by atoms with Crippen LogP contribution in [0.1, 0.15) is 67.4 Å². The first-order chi connectivity index (χ1) is 26.6. The van der Waals surface area contributed by atoms with Crippen LogP contribution in [0.4, 0.5) is 27.3 Å². The molecule has 5 aromatic rings. The van der Waals surface area contributed by atoms with E-state index < -0.39 is 17.6 Å². The summed E-state index contributed by atoms with van der Waals surface area (Å²) in [5.74, 6) is -0.930. The number of rotatable bonds is 6. The second kappa shape index (κ2) is 14.1. The minimum atomic E-state index is -0.641. The average molecular weight is 782 g/mol. The van der Waals surface area contributed by atoms with E-state index in [4.69, 9.17) is 37.3 Å². The molecule has 3 aromatic heterocycles. The highest BCUT2D eigenvalue weighted by Crippen LogP contribution is 2.44. The number of pyridine rings is 2. The lowest BCUT2D eigenvalue weighted by Crippen LogP contribution is -2.59. The van der Waals surface area contributed by atoms with Crippen molar-refractivity contribution in [3.63, 3.8) is 0 Å². The Kier molecular flexibility index (Phi) is 9.07. The highest BCUT2D eigenvalue weighted by molar-refractivity contribution is 6.40. The lowest BCUT2D eigenvalue weighted by atomic mass is 9.73. The van der Waals surface area contributed by atoms with Crippen LogP contribution in [0.15, 0.2) is 71.3 Å². The predicted molar refractivity (Wildman–Crippen MR) is 207 cm³/mol. The van der Waals surface area contributed by atoms with E-state index in [1.807, 2.05) is 6.07 Å². The molecule has 2 saturated heterocycles. The smallest absolute Gasteiger partial charge is 0.291 e. The van der Waals surface area contributed by atoms with Crippen molar-refractivity contribution in [3.8, 4) is 11.5 Å². The van der Waals surface area contributed by atoms with E-state index in [1.165, 1.54) is 11.0 Å². The van der Waals surface area contributed by atoms with E-state index >= 15 is 0 Å². The van der Waals surface area contributed by atoms with Gasteiger partial charge in [0.25, 0.3) is 17.7 Å². The summed E-state index contributed by atoms with van der Waals surface area (Å²) in [6.45, 7) is 3.40. The number of aromatic nitrogens is 2. The molecule has 2 aromatic carbocycles. The number of ether oxygens (including phenoxy) is 1. The summed E-state index contributed by atoms with van der Waals surface area (Å²) < 4.78 is 26.3. The number of anilines is 4. The maximum atomic E-state index is 14.7. The fraction of sp³-hybridized carbons (Fsp3) is 0.293. The molecule has 0 unspecified atom stereocenters. The van der Waals surface area contributed by atoms with Crippen molar-refractivity contribution >= 4 is 63.8 Å². The molecule has 4 aliphatic rings. The number of halogens is 3. The van der Waals surface area contributed by atoms with Crippen LogP contribution in [0.2, 0.25) is 10.0 Å². The van der Waals surface area contributed by atoms with Crippen LogP contribution in [-0.4, -0.2) is 60.5 Å². The van der Waals surface area contributed by atoms with Crippen LogP contribution in [0.3, 0.4) is 0 Å². The third kappa shape index (κ3) is 6.62. The first-order valence-electron chi connectivity index (χ1n) is 18.3. The number of aryl methyl sites for hydroxylation is 2. The number of carbonyl (C=O) groups excluding carboxylic acids is 3. The molecule has 11 nitrogen and oxygen atoms in total. The molecule has 0 radical (unpaired) electrons. The number of benzene rings is 2. The van der Waals surface area contributed by atoms with E-state index in [2.05, 4.69) is 20.5 Å². The van der Waals surface area contributed by atoms with Crippen LogP contribution in [0.5, 0.6) is 0 Å². The Bertz CT molecular complexity index is 2350. The summed E-state index contributed by atoms with van der Waals surface area (Å²) in [5, 5.41) is 6.22. The molecule has 6 heterocycles. The van der Waals surface area contributed by atoms with E-state index in [1.54, 1.807) is 48.5 Å². The molecule has 0 atom stereocenters. The topological polar surface area (TPSA) is 130 Å². The number of furan rings is 1. The largest absolute Gasteiger partial charge is 0.449 e. The van der Waals surface area contributed by atoms with Crippen molar-refractivity contribution in [1.82, 2.24) is 9.97 Å². The molecule has 0 bridgehead atoms. The zero-order chi connectivity index (χ0) is 37.8. The van der Waals surface area contributed by atoms with E-state index in [0.29, 0.717) is 28.8 Å². The Balaban J connectivity index is 0.930. The minimum absolute atomic E-state index is 0.0219. The molecule has 280 valence electrons. The molecule has 14 heteroatoms. The maximum absolute atomic E-state index is 14.7. The Labute approximate surface area is 325 Å². The summed E-state index contributed by atoms with van der Waals surface area (Å²) in [5.41, 5.74) is 5.06. The summed E-state index contributed by atoms with van der Waals surface area (Å²) in [7, 11) is 0. The number of nitrogens with zero attached hydrogens (tertiary/aromatic N) is 4. The van der Waals surface area contributed by atoms with Crippen LogP contribution < -0.4 is 20.4 Å². The number of fused-ring (bicyclic) bond motifs is 4. The Morgan fingerprint density at radius 1 is 0.873 bits per heavy atom. The zero-order valence-corrected chi connectivity index (χ0v) is 31.1. The lowest BCUT2D eigenvalue weighted by molar-refractivity contribution is -0.000521. The van der Waals surface area contributed by atoms with Gasteiger partial charge in [0, 0.05) is 66.8 Å². The molecule has 2 N–H and O–H groups in total. The quantitative estimate of drug-likeness (QED) is 0.177. The van der Waals surface area contributed by atoms with E-state index in [-0.39, 0.29) is 56.5 Å². The fourth-order valence-corrected chi connectivity index (χ4v) is 8.54. The van der Waals surface area contributed by atoms with Crippen molar-refractivity contribution in [3.05, 3.63) is 116 Å². The van der Waals surface area contributed by atoms with E-state index in [0.717, 1.165) is 81.7 Å². The number of para-hydroxylation sites is 1. The molecule has 2 fully saturated rings. The van der Waals surface area contributed by atoms with Crippen molar-refractivity contribution in [2.75, 3.05) is 53.3 Å². The fourth-order valence-electron chi connectivity index (χ4n) is 8.05. The van der Waals surface area contributed by atoms with Gasteiger partial charge in [-0.2, -0.15) is 0 Å². The molecule has 0 saturated carbocycles. The molecular weight excluding hydrogens is 746 g/mol. The van der Waals surface area contributed by atoms with Gasteiger partial charge in [0.2, 0.25) is 0 Å². The molecule has 3 amide bonds. The number of hydrogen-bond acceptors (Lipinski definition) is 8. The van der Waals surface area contributed by atoms with Gasteiger partial charge >= 0.3 is 0 Å². The van der Waals surface area contributed by atoms with Gasteiger partial charge in [-0.3, -0.25) is 14.4 Å². The van der Waals surface area contributed by atoms with E-state index in [9.17, 15) is 18.8 Å². The minimum Gasteiger partial charge on any atom is -0.449 e. The highest BCUT2D eigenvalue weighted by Gasteiger charge is 2.45. The number of nitrogens with one attached hydrogen (secondary N) is 2. The van der Waals surface area contributed by atoms with Crippen molar-refractivity contribution in [1.29, 1.82) is 0 Å². The Morgan fingerprint density at radius 2 is 1.64 bits per heavy atom. The van der Waals surface area contributed by atoms with Gasteiger partial charge in [0.15, 0.2) is 11.5 Å². The molecule has 9 rings (SSSR count). The lowest BCUT2D eigenvalue weighted by Gasteiger charge is -2.53. The van der Waals surface area contributed by atoms with Crippen LogP contribution in [-0.2, 0) is 24.0 Å². The average Bonchev–Trinajstić information content (AvgIpc) is 3.79. The van der Waals surface area contributed by atoms with Gasteiger partial charge in [-0.15, -0.1) is 0 Å². The van der Waals surface area contributed by atoms with Gasteiger partial charge in [0.05, 0.1) is 33.2 Å². The van der Waals surface area contributed by atoms with Gasteiger partial charge < -0.3 is 29.6 Å². The summed E-state index contributed by atoms with van der Waals surface area (Å²) in [4.78, 5) is 54.0.